The molecule has 6 heteroatoms. The van der Waals surface area contributed by atoms with Gasteiger partial charge in [-0.3, -0.25) is 4.90 Å². The topological polar surface area (TPSA) is 70.1 Å². The Morgan fingerprint density at radius 1 is 1.15 bits per heavy atom. The lowest BCUT2D eigenvalue weighted by molar-refractivity contribution is -0.131. The zero-order valence-corrected chi connectivity index (χ0v) is 14.5. The zero-order chi connectivity index (χ0) is 18.5. The van der Waals surface area contributed by atoms with Crippen LogP contribution in [0.5, 0.6) is 5.75 Å². The van der Waals surface area contributed by atoms with Crippen LogP contribution in [0.4, 0.5) is 10.5 Å². The van der Waals surface area contributed by atoms with Crippen LogP contribution >= 0.6 is 0 Å². The quantitative estimate of drug-likeness (QED) is 0.811. The average Bonchev–Trinajstić information content (AvgIpc) is 3.01. The molecule has 0 unspecified atom stereocenters. The summed E-state index contributed by atoms with van der Waals surface area (Å²) in [5, 5.41) is 8.84. The summed E-state index contributed by atoms with van der Waals surface area (Å²) in [7, 11) is 1.62. The first kappa shape index (κ1) is 17.5. The third-order valence-electron chi connectivity index (χ3n) is 4.26. The fourth-order valence-electron chi connectivity index (χ4n) is 2.94. The summed E-state index contributed by atoms with van der Waals surface area (Å²) in [6, 6.07) is 14.8. The number of benzene rings is 2. The first-order chi connectivity index (χ1) is 12.6. The maximum absolute atomic E-state index is 12.8. The van der Waals surface area contributed by atoms with E-state index in [1.54, 1.807) is 23.0 Å². The van der Waals surface area contributed by atoms with Crippen LogP contribution in [0.25, 0.3) is 6.08 Å². The number of hydrogen-bond donors (Lipinski definition) is 1. The third kappa shape index (κ3) is 3.85. The van der Waals surface area contributed by atoms with Crippen LogP contribution in [-0.4, -0.2) is 42.2 Å². The molecule has 1 aliphatic heterocycles. The van der Waals surface area contributed by atoms with Gasteiger partial charge in [0.15, 0.2) is 0 Å². The number of urea groups is 1. The van der Waals surface area contributed by atoms with Gasteiger partial charge in [-0.05, 0) is 35.4 Å². The Bertz CT molecular complexity index is 830. The molecule has 0 spiro atoms. The number of carbonyl (C=O) groups is 2. The molecule has 6 nitrogen and oxygen atoms in total. The maximum Gasteiger partial charge on any atom is 0.328 e. The van der Waals surface area contributed by atoms with Crippen LogP contribution in [0.1, 0.15) is 11.1 Å². The fraction of sp³-hybridized carbons (Fsp3) is 0.200. The Kier molecular flexibility index (Phi) is 5.22. The van der Waals surface area contributed by atoms with Crippen LogP contribution in [0.2, 0.25) is 0 Å². The van der Waals surface area contributed by atoms with Crippen molar-refractivity contribution in [2.24, 2.45) is 0 Å². The SMILES string of the molecule is COc1ccc(CN2CCN(c3ccccc3/C=C/C(=O)O)C2=O)cc1. The smallest absolute Gasteiger partial charge is 0.328 e. The Labute approximate surface area is 151 Å². The van der Waals surface area contributed by atoms with Crippen LogP contribution < -0.4 is 9.64 Å². The van der Waals surface area contributed by atoms with Crippen molar-refractivity contribution in [3.05, 3.63) is 65.7 Å². The second kappa shape index (κ2) is 7.74. The van der Waals surface area contributed by atoms with Crippen molar-refractivity contribution in [1.82, 2.24) is 4.90 Å². The van der Waals surface area contributed by atoms with Crippen molar-refractivity contribution in [1.29, 1.82) is 0 Å². The van der Waals surface area contributed by atoms with E-state index in [9.17, 15) is 9.59 Å². The molecule has 1 heterocycles. The number of hydrogen-bond acceptors (Lipinski definition) is 3. The highest BCUT2D eigenvalue weighted by molar-refractivity contribution is 5.97. The summed E-state index contributed by atoms with van der Waals surface area (Å²) < 4.78 is 5.15. The Morgan fingerprint density at radius 2 is 1.88 bits per heavy atom. The van der Waals surface area contributed by atoms with Crippen LogP contribution in [0.15, 0.2) is 54.6 Å². The van der Waals surface area contributed by atoms with Gasteiger partial charge in [-0.25, -0.2) is 9.59 Å². The molecule has 0 atom stereocenters. The van der Waals surface area contributed by atoms with Gasteiger partial charge in [0.1, 0.15) is 5.75 Å². The molecular formula is C20H20N2O4. The average molecular weight is 352 g/mol. The van der Waals surface area contributed by atoms with E-state index in [-0.39, 0.29) is 6.03 Å². The fourth-order valence-corrected chi connectivity index (χ4v) is 2.94. The summed E-state index contributed by atoms with van der Waals surface area (Å²) in [6.45, 7) is 1.70. The molecule has 2 amide bonds. The van der Waals surface area contributed by atoms with Gasteiger partial charge in [-0.15, -0.1) is 0 Å². The number of rotatable bonds is 6. The number of carboxylic acids is 1. The summed E-state index contributed by atoms with van der Waals surface area (Å²) in [4.78, 5) is 27.1. The highest BCUT2D eigenvalue weighted by Gasteiger charge is 2.30. The molecule has 3 rings (SSSR count). The van der Waals surface area contributed by atoms with E-state index in [1.165, 1.54) is 6.08 Å². The van der Waals surface area contributed by atoms with E-state index in [2.05, 4.69) is 0 Å². The molecule has 1 aliphatic rings. The lowest BCUT2D eigenvalue weighted by atomic mass is 10.1. The van der Waals surface area contributed by atoms with Crippen molar-refractivity contribution in [2.75, 3.05) is 25.1 Å². The van der Waals surface area contributed by atoms with E-state index in [0.29, 0.717) is 30.9 Å². The lowest BCUT2D eigenvalue weighted by Gasteiger charge is -2.20. The van der Waals surface area contributed by atoms with Gasteiger partial charge >= 0.3 is 12.0 Å². The minimum Gasteiger partial charge on any atom is -0.497 e. The van der Waals surface area contributed by atoms with Crippen LogP contribution in [0, 0.1) is 0 Å². The predicted octanol–water partition coefficient (Wildman–Crippen LogP) is 3.24. The molecule has 0 radical (unpaired) electrons. The number of para-hydroxylation sites is 1. The van der Waals surface area contributed by atoms with Crippen molar-refractivity contribution in [3.8, 4) is 5.75 Å². The largest absolute Gasteiger partial charge is 0.497 e. The van der Waals surface area contributed by atoms with E-state index in [0.717, 1.165) is 17.4 Å². The Hall–Kier alpha value is -3.28. The normalized spacial score (nSPS) is 14.3. The molecule has 2 aromatic carbocycles. The van der Waals surface area contributed by atoms with E-state index >= 15 is 0 Å². The first-order valence-electron chi connectivity index (χ1n) is 8.28. The van der Waals surface area contributed by atoms with E-state index in [1.807, 2.05) is 42.5 Å². The van der Waals surface area contributed by atoms with Crippen molar-refractivity contribution in [2.45, 2.75) is 6.54 Å². The number of ether oxygens (including phenoxy) is 1. The number of amides is 2. The number of carboxylic acid groups (broad SMARTS) is 1. The standard InChI is InChI=1S/C20H20N2O4/c1-26-17-9-6-15(7-10-17)14-21-12-13-22(20(21)25)18-5-3-2-4-16(18)8-11-19(23)24/h2-11H,12-14H2,1H3,(H,23,24)/b11-8+. The lowest BCUT2D eigenvalue weighted by Crippen LogP contribution is -2.31. The number of methoxy groups -OCH3 is 1. The van der Waals surface area contributed by atoms with Crippen molar-refractivity contribution < 1.29 is 19.4 Å². The minimum atomic E-state index is -1.02. The zero-order valence-electron chi connectivity index (χ0n) is 14.5. The predicted molar refractivity (Wildman–Crippen MR) is 99.3 cm³/mol. The first-order valence-corrected chi connectivity index (χ1v) is 8.28. The van der Waals surface area contributed by atoms with Crippen LogP contribution in [0.3, 0.4) is 0 Å². The van der Waals surface area contributed by atoms with Gasteiger partial charge in [0.05, 0.1) is 12.8 Å². The Balaban J connectivity index is 1.76. The highest BCUT2D eigenvalue weighted by Crippen LogP contribution is 2.26. The number of anilines is 1. The molecule has 0 bridgehead atoms. The summed E-state index contributed by atoms with van der Waals surface area (Å²) in [5.74, 6) is -0.240. The number of nitrogens with zero attached hydrogens (tertiary/aromatic N) is 2. The molecule has 1 saturated heterocycles. The second-order valence-electron chi connectivity index (χ2n) is 5.93. The van der Waals surface area contributed by atoms with Gasteiger partial charge in [-0.1, -0.05) is 30.3 Å². The number of aliphatic carboxylic acids is 1. The Morgan fingerprint density at radius 3 is 2.58 bits per heavy atom. The van der Waals surface area contributed by atoms with Gasteiger partial charge in [0.2, 0.25) is 0 Å². The molecule has 1 N–H and O–H groups in total. The van der Waals surface area contributed by atoms with Gasteiger partial charge in [0, 0.05) is 25.7 Å². The molecular weight excluding hydrogens is 332 g/mol. The minimum absolute atomic E-state index is 0.0861. The summed E-state index contributed by atoms with van der Waals surface area (Å²) >= 11 is 0. The molecule has 134 valence electrons. The van der Waals surface area contributed by atoms with Gasteiger partial charge < -0.3 is 14.7 Å². The molecule has 0 aromatic heterocycles. The summed E-state index contributed by atoms with van der Waals surface area (Å²) in [5.41, 5.74) is 2.45. The van der Waals surface area contributed by atoms with Crippen LogP contribution in [-0.2, 0) is 11.3 Å². The molecule has 26 heavy (non-hydrogen) atoms. The monoisotopic (exact) mass is 352 g/mol. The third-order valence-corrected chi connectivity index (χ3v) is 4.26. The molecule has 0 saturated carbocycles. The van der Waals surface area contributed by atoms with Gasteiger partial charge in [-0.2, -0.15) is 0 Å². The van der Waals surface area contributed by atoms with E-state index in [4.69, 9.17) is 9.84 Å². The maximum atomic E-state index is 12.8. The van der Waals surface area contributed by atoms with Gasteiger partial charge in [0.25, 0.3) is 0 Å². The highest BCUT2D eigenvalue weighted by atomic mass is 16.5. The summed E-state index contributed by atoms with van der Waals surface area (Å²) in [6.07, 6.45) is 2.59. The number of carbonyl (C=O) groups excluding carboxylic acids is 1. The molecule has 1 fully saturated rings. The molecule has 0 aliphatic carbocycles. The molecule has 2 aromatic rings. The van der Waals surface area contributed by atoms with Crippen molar-refractivity contribution in [3.63, 3.8) is 0 Å². The van der Waals surface area contributed by atoms with Crippen molar-refractivity contribution >= 4 is 23.8 Å². The van der Waals surface area contributed by atoms with E-state index < -0.39 is 5.97 Å². The second-order valence-corrected chi connectivity index (χ2v) is 5.93.